The molecular formula is C18H25N5O2. The molecule has 0 saturated carbocycles. The first kappa shape index (κ1) is 17.5. The lowest BCUT2D eigenvalue weighted by molar-refractivity contribution is -0.138. The van der Waals surface area contributed by atoms with E-state index in [2.05, 4.69) is 15.1 Å². The predicted molar refractivity (Wildman–Crippen MR) is 92.9 cm³/mol. The molecule has 1 fully saturated rings. The maximum absolute atomic E-state index is 12.5. The Morgan fingerprint density at radius 1 is 1.36 bits per heavy atom. The van der Waals surface area contributed by atoms with Crippen LogP contribution in [0.25, 0.3) is 0 Å². The highest BCUT2D eigenvalue weighted by Crippen LogP contribution is 2.14. The van der Waals surface area contributed by atoms with E-state index in [1.807, 2.05) is 35.7 Å². The maximum Gasteiger partial charge on any atom is 0.223 e. The molecule has 1 unspecified atom stereocenters. The number of hydrogen-bond donors (Lipinski definition) is 0. The molecule has 25 heavy (non-hydrogen) atoms. The van der Waals surface area contributed by atoms with Gasteiger partial charge in [-0.15, -0.1) is 0 Å². The quantitative estimate of drug-likeness (QED) is 0.791. The highest BCUT2D eigenvalue weighted by Gasteiger charge is 2.24. The van der Waals surface area contributed by atoms with Crippen LogP contribution in [0.4, 0.5) is 0 Å². The topological polar surface area (TPSA) is 73.1 Å². The monoisotopic (exact) mass is 343 g/mol. The number of ether oxygens (including phenoxy) is 1. The molecule has 134 valence electrons. The largest absolute Gasteiger partial charge is 0.375 e. The van der Waals surface area contributed by atoms with Gasteiger partial charge in [0.2, 0.25) is 5.91 Å². The Morgan fingerprint density at radius 2 is 2.24 bits per heavy atom. The molecule has 3 rings (SSSR count). The molecule has 0 N–H and O–H groups in total. The summed E-state index contributed by atoms with van der Waals surface area (Å²) in [7, 11) is 1.90. The number of hydrogen-bond acceptors (Lipinski definition) is 5. The van der Waals surface area contributed by atoms with Gasteiger partial charge in [0.25, 0.3) is 0 Å². The van der Waals surface area contributed by atoms with Crippen LogP contribution in [-0.2, 0) is 29.4 Å². The number of carbonyl (C=O) groups is 1. The molecule has 2 aromatic rings. The Hall–Kier alpha value is -2.28. The van der Waals surface area contributed by atoms with Crippen molar-refractivity contribution in [3.05, 3.63) is 41.7 Å². The van der Waals surface area contributed by atoms with Crippen molar-refractivity contribution in [2.45, 2.75) is 38.7 Å². The van der Waals surface area contributed by atoms with Crippen molar-refractivity contribution in [3.8, 4) is 0 Å². The minimum absolute atomic E-state index is 0.0738. The molecule has 7 heteroatoms. The van der Waals surface area contributed by atoms with E-state index in [1.54, 1.807) is 12.5 Å². The third-order valence-corrected chi connectivity index (χ3v) is 4.59. The van der Waals surface area contributed by atoms with Crippen molar-refractivity contribution in [2.24, 2.45) is 7.05 Å². The number of carbonyl (C=O) groups excluding carboxylic acids is 1. The van der Waals surface area contributed by atoms with Crippen LogP contribution in [0.3, 0.4) is 0 Å². The molecule has 0 aromatic carbocycles. The average molecular weight is 343 g/mol. The lowest BCUT2D eigenvalue weighted by Gasteiger charge is -2.33. The summed E-state index contributed by atoms with van der Waals surface area (Å²) in [5.74, 6) is 0.187. The molecule has 0 aliphatic carbocycles. The summed E-state index contributed by atoms with van der Waals surface area (Å²) in [6.07, 6.45) is 6.37. The van der Waals surface area contributed by atoms with E-state index in [9.17, 15) is 4.79 Å². The first-order chi connectivity index (χ1) is 12.1. The van der Waals surface area contributed by atoms with E-state index in [0.717, 1.165) is 36.3 Å². The molecule has 7 nitrogen and oxygen atoms in total. The third-order valence-electron chi connectivity index (χ3n) is 4.59. The van der Waals surface area contributed by atoms with Gasteiger partial charge in [0.05, 0.1) is 12.7 Å². The predicted octanol–water partition coefficient (Wildman–Crippen LogP) is 1.31. The summed E-state index contributed by atoms with van der Waals surface area (Å²) >= 11 is 0. The van der Waals surface area contributed by atoms with Gasteiger partial charge < -0.3 is 9.64 Å². The number of morpholine rings is 1. The van der Waals surface area contributed by atoms with E-state index in [-0.39, 0.29) is 12.0 Å². The fourth-order valence-electron chi connectivity index (χ4n) is 3.12. The molecule has 1 atom stereocenters. The summed E-state index contributed by atoms with van der Waals surface area (Å²) < 4.78 is 7.65. The number of aryl methyl sites for hydroxylation is 4. The molecule has 1 aliphatic rings. The highest BCUT2D eigenvalue weighted by atomic mass is 16.5. The summed E-state index contributed by atoms with van der Waals surface area (Å²) in [5.41, 5.74) is 3.08. The van der Waals surface area contributed by atoms with Gasteiger partial charge in [-0.3, -0.25) is 9.48 Å². The van der Waals surface area contributed by atoms with Gasteiger partial charge >= 0.3 is 0 Å². The van der Waals surface area contributed by atoms with Gasteiger partial charge in [-0.1, -0.05) is 0 Å². The molecule has 0 radical (unpaired) electrons. The van der Waals surface area contributed by atoms with Crippen molar-refractivity contribution < 1.29 is 9.53 Å². The zero-order valence-electron chi connectivity index (χ0n) is 14.9. The SMILES string of the molecule is Cc1cc(CCC2CN(C(=O)CCc3ccnn3C)CCO2)ncn1. The summed E-state index contributed by atoms with van der Waals surface area (Å²) in [6.45, 7) is 3.90. The Balaban J connectivity index is 1.47. The van der Waals surface area contributed by atoms with Crippen LogP contribution in [0.5, 0.6) is 0 Å². The summed E-state index contributed by atoms with van der Waals surface area (Å²) in [5, 5.41) is 4.14. The molecule has 2 aromatic heterocycles. The lowest BCUT2D eigenvalue weighted by Crippen LogP contribution is -2.45. The second-order valence-electron chi connectivity index (χ2n) is 6.47. The van der Waals surface area contributed by atoms with Crippen molar-refractivity contribution >= 4 is 5.91 Å². The van der Waals surface area contributed by atoms with Crippen molar-refractivity contribution in [2.75, 3.05) is 19.7 Å². The van der Waals surface area contributed by atoms with Crippen LogP contribution in [-0.4, -0.2) is 56.4 Å². The van der Waals surface area contributed by atoms with Gasteiger partial charge in [-0.25, -0.2) is 9.97 Å². The molecule has 1 saturated heterocycles. The number of nitrogens with zero attached hydrogens (tertiary/aromatic N) is 5. The average Bonchev–Trinajstić information content (AvgIpc) is 3.03. The maximum atomic E-state index is 12.5. The van der Waals surface area contributed by atoms with Gasteiger partial charge in [0.15, 0.2) is 0 Å². The number of amides is 1. The minimum Gasteiger partial charge on any atom is -0.375 e. The van der Waals surface area contributed by atoms with E-state index >= 15 is 0 Å². The van der Waals surface area contributed by atoms with E-state index in [4.69, 9.17) is 4.74 Å². The van der Waals surface area contributed by atoms with Gasteiger partial charge in [-0.2, -0.15) is 5.10 Å². The van der Waals surface area contributed by atoms with Crippen LogP contribution < -0.4 is 0 Å². The fourth-order valence-corrected chi connectivity index (χ4v) is 3.12. The van der Waals surface area contributed by atoms with Crippen LogP contribution in [0.2, 0.25) is 0 Å². The van der Waals surface area contributed by atoms with Crippen molar-refractivity contribution in [3.63, 3.8) is 0 Å². The smallest absolute Gasteiger partial charge is 0.223 e. The Bertz CT molecular complexity index is 715. The number of rotatable bonds is 6. The Kier molecular flexibility index (Phi) is 5.75. The molecular weight excluding hydrogens is 318 g/mol. The van der Waals surface area contributed by atoms with Crippen molar-refractivity contribution in [1.29, 1.82) is 0 Å². The molecule has 0 spiro atoms. The van der Waals surface area contributed by atoms with Gasteiger partial charge in [0, 0.05) is 49.8 Å². The molecule has 0 bridgehead atoms. The normalized spacial score (nSPS) is 17.7. The second-order valence-corrected chi connectivity index (χ2v) is 6.47. The summed E-state index contributed by atoms with van der Waals surface area (Å²) in [6, 6.07) is 3.96. The van der Waals surface area contributed by atoms with Crippen LogP contribution >= 0.6 is 0 Å². The van der Waals surface area contributed by atoms with Crippen LogP contribution in [0.15, 0.2) is 24.7 Å². The summed E-state index contributed by atoms with van der Waals surface area (Å²) in [4.78, 5) is 22.8. The van der Waals surface area contributed by atoms with E-state index < -0.39 is 0 Å². The first-order valence-electron chi connectivity index (χ1n) is 8.75. The van der Waals surface area contributed by atoms with Crippen LogP contribution in [0, 0.1) is 6.92 Å². The number of aromatic nitrogens is 4. The third kappa shape index (κ3) is 4.85. The van der Waals surface area contributed by atoms with E-state index in [0.29, 0.717) is 26.1 Å². The highest BCUT2D eigenvalue weighted by molar-refractivity contribution is 5.76. The first-order valence-corrected chi connectivity index (χ1v) is 8.75. The van der Waals surface area contributed by atoms with Crippen molar-refractivity contribution in [1.82, 2.24) is 24.6 Å². The van der Waals surface area contributed by atoms with Gasteiger partial charge in [0.1, 0.15) is 6.33 Å². The van der Waals surface area contributed by atoms with Gasteiger partial charge in [-0.05, 0) is 38.3 Å². The standard InChI is InChI=1S/C18H25N5O2/c1-14-11-15(20-13-19-14)3-5-17-12-23(9-10-25-17)18(24)6-4-16-7-8-21-22(16)2/h7-8,11,13,17H,3-6,9-10,12H2,1-2H3. The zero-order valence-corrected chi connectivity index (χ0v) is 14.9. The lowest BCUT2D eigenvalue weighted by atomic mass is 10.1. The fraction of sp³-hybridized carbons (Fsp3) is 0.556. The zero-order chi connectivity index (χ0) is 17.6. The second kappa shape index (κ2) is 8.20. The Labute approximate surface area is 148 Å². The minimum atomic E-state index is 0.0738. The Morgan fingerprint density at radius 3 is 3.00 bits per heavy atom. The molecule has 1 amide bonds. The van der Waals surface area contributed by atoms with Crippen LogP contribution in [0.1, 0.15) is 29.9 Å². The molecule has 3 heterocycles. The van der Waals surface area contributed by atoms with E-state index in [1.165, 1.54) is 0 Å². The molecule has 1 aliphatic heterocycles.